The first-order valence-corrected chi connectivity index (χ1v) is 14.0. The molecular formula is C29H44O9. The maximum absolute atomic E-state index is 11.5. The lowest BCUT2D eigenvalue weighted by Gasteiger charge is -2.11. The molecule has 1 atom stereocenters. The van der Waals surface area contributed by atoms with Crippen molar-refractivity contribution >= 4 is 29.8 Å². The molecule has 0 spiro atoms. The first-order chi connectivity index (χ1) is 18.1. The molecule has 0 aromatic rings. The molecule has 38 heavy (non-hydrogen) atoms. The SMILES string of the molecule is CC1=C(CCCCCCCCCCCCCCCCC/C=C(\C(=O)O)[C@@H](CC(=O)O)C(=O)O)C(=O)OC1=O. The monoisotopic (exact) mass is 536 g/mol. The summed E-state index contributed by atoms with van der Waals surface area (Å²) in [5.41, 5.74) is 0.656. The van der Waals surface area contributed by atoms with Crippen LogP contribution in [0.5, 0.6) is 0 Å². The molecule has 0 aromatic carbocycles. The molecule has 0 aromatic heterocycles. The third-order valence-electron chi connectivity index (χ3n) is 6.99. The predicted molar refractivity (Wildman–Crippen MR) is 141 cm³/mol. The summed E-state index contributed by atoms with van der Waals surface area (Å²) >= 11 is 0. The number of esters is 2. The van der Waals surface area contributed by atoms with E-state index in [1.807, 2.05) is 0 Å². The average Bonchev–Trinajstić information content (AvgIpc) is 3.09. The minimum atomic E-state index is -1.53. The summed E-state index contributed by atoms with van der Waals surface area (Å²) in [5.74, 6) is -6.66. The maximum Gasteiger partial charge on any atom is 0.342 e. The quantitative estimate of drug-likeness (QED) is 0.0598. The molecule has 0 saturated heterocycles. The molecule has 1 rings (SSSR count). The number of aliphatic carboxylic acids is 3. The molecule has 0 radical (unpaired) electrons. The molecule has 1 heterocycles. The van der Waals surface area contributed by atoms with Gasteiger partial charge in [0.1, 0.15) is 0 Å². The van der Waals surface area contributed by atoms with Crippen molar-refractivity contribution in [2.75, 3.05) is 0 Å². The minimum Gasteiger partial charge on any atom is -0.481 e. The molecule has 214 valence electrons. The Bertz CT molecular complexity index is 869. The largest absolute Gasteiger partial charge is 0.481 e. The number of carbonyl (C=O) groups excluding carboxylic acids is 2. The smallest absolute Gasteiger partial charge is 0.342 e. The lowest BCUT2D eigenvalue weighted by atomic mass is 9.94. The van der Waals surface area contributed by atoms with E-state index in [1.165, 1.54) is 57.4 Å². The summed E-state index contributed by atoms with van der Waals surface area (Å²) in [6.45, 7) is 1.65. The van der Waals surface area contributed by atoms with Crippen molar-refractivity contribution in [3.8, 4) is 0 Å². The van der Waals surface area contributed by atoms with Crippen LogP contribution in [0.15, 0.2) is 22.8 Å². The van der Waals surface area contributed by atoms with Crippen LogP contribution in [0.3, 0.4) is 0 Å². The fourth-order valence-corrected chi connectivity index (χ4v) is 4.67. The highest BCUT2D eigenvalue weighted by Crippen LogP contribution is 2.23. The second kappa shape index (κ2) is 19.2. The third-order valence-corrected chi connectivity index (χ3v) is 6.99. The van der Waals surface area contributed by atoms with Crippen LogP contribution in [-0.4, -0.2) is 45.2 Å². The molecule has 1 aliphatic rings. The third kappa shape index (κ3) is 13.5. The molecular weight excluding hydrogens is 492 g/mol. The second-order valence-electron chi connectivity index (χ2n) is 10.1. The zero-order valence-electron chi connectivity index (χ0n) is 22.7. The summed E-state index contributed by atoms with van der Waals surface area (Å²) in [6.07, 6.45) is 18.4. The topological polar surface area (TPSA) is 155 Å². The van der Waals surface area contributed by atoms with Crippen molar-refractivity contribution in [3.63, 3.8) is 0 Å². The van der Waals surface area contributed by atoms with Crippen molar-refractivity contribution < 1.29 is 44.0 Å². The van der Waals surface area contributed by atoms with Crippen LogP contribution >= 0.6 is 0 Å². The number of carboxylic acids is 3. The van der Waals surface area contributed by atoms with Gasteiger partial charge in [-0.05, 0) is 32.6 Å². The van der Waals surface area contributed by atoms with Gasteiger partial charge in [0, 0.05) is 16.7 Å². The van der Waals surface area contributed by atoms with E-state index in [0.29, 0.717) is 24.0 Å². The summed E-state index contributed by atoms with van der Waals surface area (Å²) < 4.78 is 4.61. The number of carboxylic acid groups (broad SMARTS) is 3. The highest BCUT2D eigenvalue weighted by Gasteiger charge is 2.30. The van der Waals surface area contributed by atoms with Crippen LogP contribution in [0.2, 0.25) is 0 Å². The molecule has 0 saturated carbocycles. The molecule has 0 amide bonds. The average molecular weight is 537 g/mol. The van der Waals surface area contributed by atoms with E-state index >= 15 is 0 Å². The molecule has 9 nitrogen and oxygen atoms in total. The van der Waals surface area contributed by atoms with Crippen LogP contribution < -0.4 is 0 Å². The molecule has 0 unspecified atom stereocenters. The number of cyclic esters (lactones) is 2. The van der Waals surface area contributed by atoms with Gasteiger partial charge in [-0.3, -0.25) is 9.59 Å². The van der Waals surface area contributed by atoms with Crippen molar-refractivity contribution in [2.24, 2.45) is 5.92 Å². The van der Waals surface area contributed by atoms with Gasteiger partial charge in [0.15, 0.2) is 0 Å². The highest BCUT2D eigenvalue weighted by atomic mass is 16.6. The number of rotatable bonds is 23. The predicted octanol–water partition coefficient (Wildman–Crippen LogP) is 6.20. The molecule has 9 heteroatoms. The first-order valence-electron chi connectivity index (χ1n) is 14.0. The van der Waals surface area contributed by atoms with E-state index in [0.717, 1.165) is 44.9 Å². The van der Waals surface area contributed by atoms with Gasteiger partial charge in [-0.25, -0.2) is 14.4 Å². The molecule has 0 aliphatic carbocycles. The first kappa shape index (κ1) is 33.1. The van der Waals surface area contributed by atoms with Gasteiger partial charge in [-0.1, -0.05) is 89.5 Å². The Hall–Kier alpha value is -2.97. The summed E-state index contributed by atoms with van der Waals surface area (Å²) in [7, 11) is 0. The van der Waals surface area contributed by atoms with Crippen molar-refractivity contribution in [1.29, 1.82) is 0 Å². The number of ether oxygens (including phenoxy) is 1. The van der Waals surface area contributed by atoms with Crippen LogP contribution in [0.25, 0.3) is 0 Å². The number of allylic oxidation sites excluding steroid dienone is 1. The Morgan fingerprint density at radius 1 is 0.711 bits per heavy atom. The van der Waals surface area contributed by atoms with Gasteiger partial charge >= 0.3 is 29.8 Å². The minimum absolute atomic E-state index is 0.348. The molecule has 3 N–H and O–H groups in total. The summed E-state index contributed by atoms with van der Waals surface area (Å²) in [4.78, 5) is 56.3. The van der Waals surface area contributed by atoms with Crippen molar-refractivity contribution in [1.82, 2.24) is 0 Å². The Labute approximate surface area is 225 Å². The normalized spacial score (nSPS) is 14.6. The second-order valence-corrected chi connectivity index (χ2v) is 10.1. The van der Waals surface area contributed by atoms with E-state index in [4.69, 9.17) is 10.2 Å². The highest BCUT2D eigenvalue weighted by molar-refractivity contribution is 6.11. The Morgan fingerprint density at radius 2 is 1.16 bits per heavy atom. The van der Waals surface area contributed by atoms with Gasteiger partial charge in [0.05, 0.1) is 12.3 Å². The van der Waals surface area contributed by atoms with Gasteiger partial charge in [-0.2, -0.15) is 0 Å². The van der Waals surface area contributed by atoms with Gasteiger partial charge in [0.2, 0.25) is 0 Å². The fourth-order valence-electron chi connectivity index (χ4n) is 4.67. The van der Waals surface area contributed by atoms with E-state index in [-0.39, 0.29) is 5.57 Å². The number of carbonyl (C=O) groups is 5. The lowest BCUT2D eigenvalue weighted by molar-refractivity contribution is -0.151. The van der Waals surface area contributed by atoms with E-state index in [9.17, 15) is 29.1 Å². The van der Waals surface area contributed by atoms with E-state index < -0.39 is 42.2 Å². The standard InChI is InChI=1S/C29H44O9/c1-21-22(29(37)38-28(21)36)18-16-14-12-10-8-6-4-2-3-5-7-9-11-13-15-17-19-23(26(32)33)24(27(34)35)20-25(30)31/h19,24H,2-18,20H2,1H3,(H,30,31)(H,32,33)(H,34,35)/b23-19-/t24-/m1/s1. The Morgan fingerprint density at radius 3 is 1.53 bits per heavy atom. The number of hydrogen-bond donors (Lipinski definition) is 3. The van der Waals surface area contributed by atoms with Gasteiger partial charge in [0.25, 0.3) is 0 Å². The van der Waals surface area contributed by atoms with Crippen LogP contribution in [-0.2, 0) is 28.7 Å². The van der Waals surface area contributed by atoms with E-state index in [1.54, 1.807) is 6.92 Å². The van der Waals surface area contributed by atoms with Crippen LogP contribution in [0, 0.1) is 5.92 Å². The van der Waals surface area contributed by atoms with Crippen molar-refractivity contribution in [2.45, 2.75) is 122 Å². The Balaban J connectivity index is 1.96. The maximum atomic E-state index is 11.5. The number of hydrogen-bond acceptors (Lipinski definition) is 6. The van der Waals surface area contributed by atoms with Crippen molar-refractivity contribution in [3.05, 3.63) is 22.8 Å². The number of unbranched alkanes of at least 4 members (excludes halogenated alkanes) is 15. The zero-order chi connectivity index (χ0) is 28.3. The van der Waals surface area contributed by atoms with Crippen LogP contribution in [0.1, 0.15) is 122 Å². The zero-order valence-corrected chi connectivity index (χ0v) is 22.7. The molecule has 0 fully saturated rings. The van der Waals surface area contributed by atoms with Gasteiger partial charge < -0.3 is 20.1 Å². The molecule has 0 bridgehead atoms. The van der Waals surface area contributed by atoms with Crippen LogP contribution in [0.4, 0.5) is 0 Å². The van der Waals surface area contributed by atoms with E-state index in [2.05, 4.69) is 4.74 Å². The summed E-state index contributed by atoms with van der Waals surface area (Å²) in [6, 6.07) is 0. The van der Waals surface area contributed by atoms with Gasteiger partial charge in [-0.15, -0.1) is 0 Å². The Kier molecular flexibility index (Phi) is 16.7. The molecule has 1 aliphatic heterocycles. The lowest BCUT2D eigenvalue weighted by Crippen LogP contribution is -2.24. The summed E-state index contributed by atoms with van der Waals surface area (Å²) in [5, 5.41) is 27.2. The fraction of sp³-hybridized carbons (Fsp3) is 0.690.